The van der Waals surface area contributed by atoms with Crippen LogP contribution in [0, 0.1) is 5.92 Å². The molecule has 1 aromatic carbocycles. The standard InChI is InChI=1S/C16H22N4O3/c1-3-23-16(21)12-6-8-14(9-7-12)20-10-4-5-13(11-20)15(22-2)18-19-17/h6-9,13,15H,3-5,10-11H2,1-2H3/t13-,15?/m1/s1. The summed E-state index contributed by atoms with van der Waals surface area (Å²) in [7, 11) is 1.56. The van der Waals surface area contributed by atoms with Crippen molar-refractivity contribution in [2.45, 2.75) is 26.0 Å². The van der Waals surface area contributed by atoms with Crippen LogP contribution in [-0.2, 0) is 9.47 Å². The quantitative estimate of drug-likeness (QED) is 0.348. The molecule has 0 spiro atoms. The summed E-state index contributed by atoms with van der Waals surface area (Å²) in [6.07, 6.45) is 1.53. The van der Waals surface area contributed by atoms with E-state index in [2.05, 4.69) is 14.9 Å². The van der Waals surface area contributed by atoms with Gasteiger partial charge in [0.15, 0.2) is 0 Å². The maximum absolute atomic E-state index is 11.7. The average molecular weight is 318 g/mol. The summed E-state index contributed by atoms with van der Waals surface area (Å²) in [6, 6.07) is 7.39. The van der Waals surface area contributed by atoms with Gasteiger partial charge in [0.05, 0.1) is 12.2 Å². The monoisotopic (exact) mass is 318 g/mol. The molecule has 0 aliphatic carbocycles. The Hall–Kier alpha value is -2.24. The second-order valence-electron chi connectivity index (χ2n) is 5.45. The first-order valence-electron chi connectivity index (χ1n) is 7.78. The van der Waals surface area contributed by atoms with Crippen LogP contribution in [0.15, 0.2) is 29.4 Å². The highest BCUT2D eigenvalue weighted by Crippen LogP contribution is 2.27. The summed E-state index contributed by atoms with van der Waals surface area (Å²) in [4.78, 5) is 16.8. The average Bonchev–Trinajstić information content (AvgIpc) is 2.60. The lowest BCUT2D eigenvalue weighted by Crippen LogP contribution is -2.40. The van der Waals surface area contributed by atoms with E-state index in [4.69, 9.17) is 15.0 Å². The van der Waals surface area contributed by atoms with E-state index >= 15 is 0 Å². The number of azide groups is 1. The summed E-state index contributed by atoms with van der Waals surface area (Å²) < 4.78 is 10.3. The first-order valence-corrected chi connectivity index (χ1v) is 7.78. The van der Waals surface area contributed by atoms with Crippen LogP contribution in [0.2, 0.25) is 0 Å². The molecule has 7 heteroatoms. The van der Waals surface area contributed by atoms with Gasteiger partial charge in [-0.15, -0.1) is 0 Å². The second-order valence-corrected chi connectivity index (χ2v) is 5.45. The van der Waals surface area contributed by atoms with Crippen molar-refractivity contribution in [3.05, 3.63) is 40.3 Å². The van der Waals surface area contributed by atoms with Crippen LogP contribution in [0.5, 0.6) is 0 Å². The SMILES string of the molecule is CCOC(=O)c1ccc(N2CCC[C@@H](C(N=[N+]=[N-])OC)C2)cc1. The van der Waals surface area contributed by atoms with Gasteiger partial charge in [-0.1, -0.05) is 5.11 Å². The topological polar surface area (TPSA) is 87.5 Å². The summed E-state index contributed by atoms with van der Waals surface area (Å²) >= 11 is 0. The van der Waals surface area contributed by atoms with Gasteiger partial charge in [0.1, 0.15) is 6.23 Å². The zero-order valence-corrected chi connectivity index (χ0v) is 13.5. The number of benzene rings is 1. The number of methoxy groups -OCH3 is 1. The van der Waals surface area contributed by atoms with Gasteiger partial charge in [-0.25, -0.2) is 4.79 Å². The third-order valence-corrected chi connectivity index (χ3v) is 4.01. The Morgan fingerprint density at radius 3 is 2.83 bits per heavy atom. The molecule has 0 N–H and O–H groups in total. The molecule has 1 heterocycles. The van der Waals surface area contributed by atoms with Gasteiger partial charge in [0.2, 0.25) is 0 Å². The van der Waals surface area contributed by atoms with Gasteiger partial charge < -0.3 is 14.4 Å². The van der Waals surface area contributed by atoms with Crippen molar-refractivity contribution in [1.29, 1.82) is 0 Å². The van der Waals surface area contributed by atoms with Crippen molar-refractivity contribution in [1.82, 2.24) is 0 Å². The molecule has 2 atom stereocenters. The largest absolute Gasteiger partial charge is 0.462 e. The third kappa shape index (κ3) is 4.37. The van der Waals surface area contributed by atoms with E-state index < -0.39 is 6.23 Å². The number of carbonyl (C=O) groups excluding carboxylic acids is 1. The Morgan fingerprint density at radius 2 is 2.22 bits per heavy atom. The molecule has 0 bridgehead atoms. The fourth-order valence-electron chi connectivity index (χ4n) is 2.88. The lowest BCUT2D eigenvalue weighted by atomic mass is 9.96. The lowest BCUT2D eigenvalue weighted by Gasteiger charge is -2.36. The smallest absolute Gasteiger partial charge is 0.338 e. The number of hydrogen-bond acceptors (Lipinski definition) is 5. The highest BCUT2D eigenvalue weighted by atomic mass is 16.5. The highest BCUT2D eigenvalue weighted by Gasteiger charge is 2.27. The van der Waals surface area contributed by atoms with E-state index in [0.29, 0.717) is 12.2 Å². The second kappa shape index (κ2) is 8.41. The number of piperidine rings is 1. The fourth-order valence-corrected chi connectivity index (χ4v) is 2.88. The molecule has 0 radical (unpaired) electrons. The van der Waals surface area contributed by atoms with E-state index in [1.54, 1.807) is 26.2 Å². The Balaban J connectivity index is 2.06. The molecule has 1 saturated heterocycles. The number of carbonyl (C=O) groups is 1. The maximum Gasteiger partial charge on any atom is 0.338 e. The Kier molecular flexibility index (Phi) is 6.26. The van der Waals surface area contributed by atoms with Gasteiger partial charge in [0.25, 0.3) is 0 Å². The highest BCUT2D eigenvalue weighted by molar-refractivity contribution is 5.89. The van der Waals surface area contributed by atoms with Crippen LogP contribution in [0.4, 0.5) is 5.69 Å². The van der Waals surface area contributed by atoms with E-state index in [9.17, 15) is 4.79 Å². The first-order chi connectivity index (χ1) is 11.2. The van der Waals surface area contributed by atoms with Gasteiger partial charge >= 0.3 is 5.97 Å². The molecule has 1 fully saturated rings. The minimum Gasteiger partial charge on any atom is -0.462 e. The Labute approximate surface area is 135 Å². The molecule has 0 aromatic heterocycles. The number of hydrogen-bond donors (Lipinski definition) is 0. The van der Waals surface area contributed by atoms with Crippen LogP contribution in [0.1, 0.15) is 30.1 Å². The van der Waals surface area contributed by atoms with Crippen molar-refractivity contribution in [3.63, 3.8) is 0 Å². The molecular weight excluding hydrogens is 296 g/mol. The molecule has 1 aliphatic heterocycles. The van der Waals surface area contributed by atoms with E-state index in [1.165, 1.54) is 0 Å². The van der Waals surface area contributed by atoms with Gasteiger partial charge in [0, 0.05) is 36.7 Å². The van der Waals surface area contributed by atoms with Crippen LogP contribution in [0.3, 0.4) is 0 Å². The molecule has 124 valence electrons. The zero-order chi connectivity index (χ0) is 16.7. The van der Waals surface area contributed by atoms with Gasteiger partial charge in [-0.05, 0) is 49.6 Å². The number of esters is 1. The molecule has 0 amide bonds. The van der Waals surface area contributed by atoms with Gasteiger partial charge in [-0.3, -0.25) is 0 Å². The van der Waals surface area contributed by atoms with Crippen molar-refractivity contribution in [2.24, 2.45) is 11.0 Å². The first kappa shape index (κ1) is 17.1. The molecule has 23 heavy (non-hydrogen) atoms. The predicted octanol–water partition coefficient (Wildman–Crippen LogP) is 3.36. The summed E-state index contributed by atoms with van der Waals surface area (Å²) in [6.45, 7) is 3.85. The fraction of sp³-hybridized carbons (Fsp3) is 0.562. The van der Waals surface area contributed by atoms with Crippen molar-refractivity contribution < 1.29 is 14.3 Å². The predicted molar refractivity (Wildman–Crippen MR) is 87.3 cm³/mol. The van der Waals surface area contributed by atoms with Crippen molar-refractivity contribution in [2.75, 3.05) is 31.7 Å². The molecule has 2 rings (SSSR count). The Morgan fingerprint density at radius 1 is 1.48 bits per heavy atom. The maximum atomic E-state index is 11.7. The molecular formula is C16H22N4O3. The minimum atomic E-state index is -0.443. The van der Waals surface area contributed by atoms with E-state index in [0.717, 1.165) is 31.6 Å². The summed E-state index contributed by atoms with van der Waals surface area (Å²) in [5.74, 6) is -0.146. The molecule has 1 unspecified atom stereocenters. The van der Waals surface area contributed by atoms with Crippen LogP contribution < -0.4 is 4.90 Å². The van der Waals surface area contributed by atoms with Crippen LogP contribution in [0.25, 0.3) is 10.4 Å². The number of rotatable bonds is 6. The number of ether oxygens (including phenoxy) is 2. The molecule has 1 aliphatic rings. The third-order valence-electron chi connectivity index (χ3n) is 4.01. The van der Waals surface area contributed by atoms with Crippen molar-refractivity contribution >= 4 is 11.7 Å². The Bertz CT molecular complexity index is 569. The summed E-state index contributed by atoms with van der Waals surface area (Å²) in [5.41, 5.74) is 10.2. The zero-order valence-electron chi connectivity index (χ0n) is 13.5. The van der Waals surface area contributed by atoms with Crippen LogP contribution >= 0.6 is 0 Å². The van der Waals surface area contributed by atoms with Crippen molar-refractivity contribution in [3.8, 4) is 0 Å². The summed E-state index contributed by atoms with van der Waals surface area (Å²) in [5, 5.41) is 3.72. The normalized spacial score (nSPS) is 18.9. The number of anilines is 1. The van der Waals surface area contributed by atoms with Crippen LogP contribution in [-0.4, -0.2) is 39.0 Å². The molecule has 0 saturated carbocycles. The van der Waals surface area contributed by atoms with E-state index in [1.807, 2.05) is 12.1 Å². The van der Waals surface area contributed by atoms with Gasteiger partial charge in [-0.2, -0.15) is 0 Å². The molecule has 7 nitrogen and oxygen atoms in total. The lowest BCUT2D eigenvalue weighted by molar-refractivity contribution is 0.0513. The minimum absolute atomic E-state index is 0.161. The van der Waals surface area contributed by atoms with E-state index in [-0.39, 0.29) is 11.9 Å². The molecule has 1 aromatic rings. The number of nitrogens with zero attached hydrogens (tertiary/aromatic N) is 4.